The van der Waals surface area contributed by atoms with Crippen molar-refractivity contribution in [2.24, 2.45) is 5.16 Å². The molecule has 1 spiro atoms. The predicted octanol–water partition coefficient (Wildman–Crippen LogP) is 4.76. The van der Waals surface area contributed by atoms with E-state index in [0.717, 1.165) is 22.4 Å². The van der Waals surface area contributed by atoms with Gasteiger partial charge < -0.3 is 19.4 Å². The molecule has 0 unspecified atom stereocenters. The molecule has 0 aliphatic carbocycles. The average Bonchev–Trinajstić information content (AvgIpc) is 3.31. The molecule has 3 heterocycles. The minimum atomic E-state index is -1.01. The highest BCUT2D eigenvalue weighted by molar-refractivity contribution is 6.00. The summed E-state index contributed by atoms with van der Waals surface area (Å²) < 4.78 is 25.5. The SMILES string of the molecule is CCOc1cc(CN2CC3(CC(c4ccc(C(=O)O)cn4)=NO3)C2)cc(OCC)c1-c1ccc(F)cc1. The number of rotatable bonds is 9. The molecule has 2 aliphatic rings. The van der Waals surface area contributed by atoms with Gasteiger partial charge in [-0.2, -0.15) is 0 Å². The van der Waals surface area contributed by atoms with Gasteiger partial charge >= 0.3 is 5.97 Å². The summed E-state index contributed by atoms with van der Waals surface area (Å²) in [4.78, 5) is 23.4. The van der Waals surface area contributed by atoms with E-state index >= 15 is 0 Å². The lowest BCUT2D eigenvalue weighted by molar-refractivity contribution is -0.128. The van der Waals surface area contributed by atoms with E-state index in [1.54, 1.807) is 18.2 Å². The Morgan fingerprint density at radius 3 is 2.32 bits per heavy atom. The standard InChI is InChI=1S/C28H28FN3O5/c1-3-35-24-11-18(12-25(36-4-2)26(24)19-5-8-21(29)9-6-19)15-32-16-28(17-32)13-23(31-37-28)22-10-7-20(14-30-22)27(33)34/h5-12,14H,3-4,13,15-17H2,1-2H3,(H,33,34). The number of pyridine rings is 1. The van der Waals surface area contributed by atoms with Crippen LogP contribution in [-0.4, -0.2) is 58.6 Å². The van der Waals surface area contributed by atoms with Crippen molar-refractivity contribution in [3.05, 3.63) is 77.4 Å². The molecule has 8 nitrogen and oxygen atoms in total. The van der Waals surface area contributed by atoms with Crippen LogP contribution >= 0.6 is 0 Å². The van der Waals surface area contributed by atoms with Gasteiger partial charge in [-0.3, -0.25) is 9.88 Å². The number of carboxylic acid groups (broad SMARTS) is 1. The second-order valence-electron chi connectivity index (χ2n) is 9.21. The number of likely N-dealkylation sites (tertiary alicyclic amines) is 1. The molecule has 1 saturated heterocycles. The predicted molar refractivity (Wildman–Crippen MR) is 136 cm³/mol. The van der Waals surface area contributed by atoms with Crippen LogP contribution < -0.4 is 9.47 Å². The Morgan fingerprint density at radius 1 is 1.08 bits per heavy atom. The van der Waals surface area contributed by atoms with Crippen LogP contribution in [0.15, 0.2) is 59.9 Å². The van der Waals surface area contributed by atoms with Gasteiger partial charge in [-0.15, -0.1) is 0 Å². The lowest BCUT2D eigenvalue weighted by Crippen LogP contribution is -2.61. The van der Waals surface area contributed by atoms with Crippen LogP contribution in [0.25, 0.3) is 11.1 Å². The molecule has 2 aromatic carbocycles. The van der Waals surface area contributed by atoms with Crippen LogP contribution in [0.5, 0.6) is 11.5 Å². The summed E-state index contributed by atoms with van der Waals surface area (Å²) in [6.45, 7) is 6.91. The van der Waals surface area contributed by atoms with E-state index in [-0.39, 0.29) is 11.4 Å². The number of halogens is 1. The Balaban J connectivity index is 1.29. The molecular formula is C28H28FN3O5. The first-order valence-corrected chi connectivity index (χ1v) is 12.3. The third kappa shape index (κ3) is 5.13. The molecule has 0 radical (unpaired) electrons. The van der Waals surface area contributed by atoms with Crippen molar-refractivity contribution in [3.63, 3.8) is 0 Å². The van der Waals surface area contributed by atoms with Gasteiger partial charge in [0.15, 0.2) is 5.60 Å². The zero-order valence-electron chi connectivity index (χ0n) is 20.7. The van der Waals surface area contributed by atoms with Gasteiger partial charge in [-0.25, -0.2) is 9.18 Å². The first-order valence-electron chi connectivity index (χ1n) is 12.3. The summed E-state index contributed by atoms with van der Waals surface area (Å²) >= 11 is 0. The van der Waals surface area contributed by atoms with Gasteiger partial charge in [0, 0.05) is 32.3 Å². The Bertz CT molecular complexity index is 1290. The largest absolute Gasteiger partial charge is 0.493 e. The van der Waals surface area contributed by atoms with Crippen LogP contribution in [0.2, 0.25) is 0 Å². The highest BCUT2D eigenvalue weighted by Gasteiger charge is 2.50. The van der Waals surface area contributed by atoms with Crippen molar-refractivity contribution < 1.29 is 28.6 Å². The molecule has 0 amide bonds. The summed E-state index contributed by atoms with van der Waals surface area (Å²) in [7, 11) is 0. The molecule has 9 heteroatoms. The first kappa shape index (κ1) is 24.7. The maximum absolute atomic E-state index is 13.5. The number of hydrogen-bond acceptors (Lipinski definition) is 7. The monoisotopic (exact) mass is 505 g/mol. The normalized spacial score (nSPS) is 16.1. The van der Waals surface area contributed by atoms with Gasteiger partial charge in [0.05, 0.1) is 30.0 Å². The van der Waals surface area contributed by atoms with Gasteiger partial charge in [0.25, 0.3) is 0 Å². The van der Waals surface area contributed by atoms with Crippen LogP contribution in [0.3, 0.4) is 0 Å². The highest BCUT2D eigenvalue weighted by Crippen LogP contribution is 2.42. The number of aromatic carboxylic acids is 1. The number of nitrogens with zero attached hydrogens (tertiary/aromatic N) is 3. The third-order valence-electron chi connectivity index (χ3n) is 6.43. The highest BCUT2D eigenvalue weighted by atomic mass is 19.1. The molecular weight excluding hydrogens is 477 g/mol. The number of ether oxygens (including phenoxy) is 2. The number of aromatic nitrogens is 1. The first-order chi connectivity index (χ1) is 17.9. The van der Waals surface area contributed by atoms with Crippen molar-refractivity contribution in [1.29, 1.82) is 0 Å². The van der Waals surface area contributed by atoms with E-state index in [0.29, 0.717) is 56.5 Å². The summed E-state index contributed by atoms with van der Waals surface area (Å²) in [6.07, 6.45) is 1.95. The van der Waals surface area contributed by atoms with Crippen molar-refractivity contribution in [2.75, 3.05) is 26.3 Å². The zero-order chi connectivity index (χ0) is 26.0. The number of hydrogen-bond donors (Lipinski definition) is 1. The number of benzene rings is 2. The van der Waals surface area contributed by atoms with Gasteiger partial charge in [0.1, 0.15) is 23.0 Å². The Hall–Kier alpha value is -3.98. The van der Waals surface area contributed by atoms with Crippen molar-refractivity contribution in [1.82, 2.24) is 9.88 Å². The van der Waals surface area contributed by atoms with Crippen LogP contribution in [0.1, 0.15) is 41.9 Å². The molecule has 1 fully saturated rings. The molecule has 0 saturated carbocycles. The molecule has 192 valence electrons. The second-order valence-corrected chi connectivity index (χ2v) is 9.21. The van der Waals surface area contributed by atoms with E-state index in [2.05, 4.69) is 15.0 Å². The Morgan fingerprint density at radius 2 is 1.76 bits per heavy atom. The molecule has 0 atom stereocenters. The van der Waals surface area contributed by atoms with Crippen LogP contribution in [0, 0.1) is 5.82 Å². The summed E-state index contributed by atoms with van der Waals surface area (Å²) in [6, 6.07) is 13.5. The van der Waals surface area contributed by atoms with Crippen molar-refractivity contribution in [3.8, 4) is 22.6 Å². The van der Waals surface area contributed by atoms with Crippen LogP contribution in [0.4, 0.5) is 4.39 Å². The average molecular weight is 506 g/mol. The van der Waals surface area contributed by atoms with Gasteiger partial charge in [-0.05, 0) is 61.4 Å². The van der Waals surface area contributed by atoms with E-state index < -0.39 is 11.6 Å². The van der Waals surface area contributed by atoms with Crippen molar-refractivity contribution >= 4 is 11.7 Å². The number of carbonyl (C=O) groups is 1. The minimum Gasteiger partial charge on any atom is -0.493 e. The topological polar surface area (TPSA) is 93.5 Å². The van der Waals surface area contributed by atoms with E-state index in [4.69, 9.17) is 19.4 Å². The quantitative estimate of drug-likeness (QED) is 0.448. The molecule has 1 aromatic heterocycles. The molecule has 5 rings (SSSR count). The number of oxime groups is 1. The Labute approximate surface area is 214 Å². The second kappa shape index (κ2) is 10.2. The lowest BCUT2D eigenvalue weighted by Gasteiger charge is -2.45. The zero-order valence-corrected chi connectivity index (χ0v) is 20.7. The summed E-state index contributed by atoms with van der Waals surface area (Å²) in [5.74, 6) is 0.0885. The van der Waals surface area contributed by atoms with E-state index in [1.165, 1.54) is 24.4 Å². The smallest absolute Gasteiger partial charge is 0.337 e. The number of carboxylic acids is 1. The van der Waals surface area contributed by atoms with E-state index in [1.807, 2.05) is 26.0 Å². The Kier molecular flexibility index (Phi) is 6.80. The molecule has 2 aliphatic heterocycles. The van der Waals surface area contributed by atoms with Crippen molar-refractivity contribution in [2.45, 2.75) is 32.4 Å². The van der Waals surface area contributed by atoms with Gasteiger partial charge in [-0.1, -0.05) is 17.3 Å². The fourth-order valence-electron chi connectivity index (χ4n) is 4.83. The molecule has 1 N–H and O–H groups in total. The summed E-state index contributed by atoms with van der Waals surface area (Å²) in [5.41, 5.74) is 3.76. The fourth-order valence-corrected chi connectivity index (χ4v) is 4.83. The minimum absolute atomic E-state index is 0.135. The molecule has 37 heavy (non-hydrogen) atoms. The van der Waals surface area contributed by atoms with Crippen LogP contribution in [-0.2, 0) is 11.4 Å². The maximum Gasteiger partial charge on any atom is 0.337 e. The molecule has 3 aromatic rings. The van der Waals surface area contributed by atoms with E-state index in [9.17, 15) is 9.18 Å². The fraction of sp³-hybridized carbons (Fsp3) is 0.321. The lowest BCUT2D eigenvalue weighted by atomic mass is 9.87. The maximum atomic E-state index is 13.5. The van der Waals surface area contributed by atoms with Gasteiger partial charge in [0.2, 0.25) is 0 Å². The molecule has 0 bridgehead atoms. The third-order valence-corrected chi connectivity index (χ3v) is 6.43. The summed E-state index contributed by atoms with van der Waals surface area (Å²) in [5, 5.41) is 13.3.